The number of aryl methyl sites for hydroxylation is 2. The molecule has 22 heavy (non-hydrogen) atoms. The van der Waals surface area contributed by atoms with Crippen molar-refractivity contribution in [1.82, 2.24) is 5.32 Å². The van der Waals surface area contributed by atoms with Crippen molar-refractivity contribution in [3.63, 3.8) is 0 Å². The summed E-state index contributed by atoms with van der Waals surface area (Å²) in [6.45, 7) is 5.52. The van der Waals surface area contributed by atoms with Gasteiger partial charge in [-0.1, -0.05) is 45.8 Å². The molecule has 2 aromatic carbocycles. The lowest BCUT2D eigenvalue weighted by molar-refractivity contribution is -0.116. The summed E-state index contributed by atoms with van der Waals surface area (Å²) in [4.78, 5) is 11.9. The molecule has 2 rings (SSSR count). The van der Waals surface area contributed by atoms with Gasteiger partial charge in [-0.2, -0.15) is 0 Å². The average molecular weight is 361 g/mol. The SMILES string of the molecule is Cc1ccc(CNCCC(=O)Nc2ccc(Br)c(C)c2)cc1. The number of carbonyl (C=O) groups is 1. The highest BCUT2D eigenvalue weighted by molar-refractivity contribution is 9.10. The Labute approximate surface area is 140 Å². The van der Waals surface area contributed by atoms with E-state index in [1.165, 1.54) is 11.1 Å². The Morgan fingerprint density at radius 1 is 1.09 bits per heavy atom. The third-order valence-corrected chi connectivity index (χ3v) is 4.31. The van der Waals surface area contributed by atoms with Gasteiger partial charge in [0.1, 0.15) is 0 Å². The highest BCUT2D eigenvalue weighted by atomic mass is 79.9. The third-order valence-electron chi connectivity index (χ3n) is 3.42. The number of benzene rings is 2. The highest BCUT2D eigenvalue weighted by Gasteiger charge is 2.03. The molecule has 0 aromatic heterocycles. The summed E-state index contributed by atoms with van der Waals surface area (Å²) in [6.07, 6.45) is 0.459. The van der Waals surface area contributed by atoms with Crippen LogP contribution in [-0.2, 0) is 11.3 Å². The van der Waals surface area contributed by atoms with Gasteiger partial charge in [0.05, 0.1) is 0 Å². The molecule has 0 saturated carbocycles. The summed E-state index contributed by atoms with van der Waals surface area (Å²) in [5, 5.41) is 6.21. The maximum absolute atomic E-state index is 11.9. The molecule has 0 heterocycles. The van der Waals surface area contributed by atoms with Crippen LogP contribution in [0.3, 0.4) is 0 Å². The van der Waals surface area contributed by atoms with E-state index in [0.29, 0.717) is 13.0 Å². The standard InChI is InChI=1S/C18H21BrN2O/c1-13-3-5-15(6-4-13)12-20-10-9-18(22)21-16-7-8-17(19)14(2)11-16/h3-8,11,20H,9-10,12H2,1-2H3,(H,21,22). The Hall–Kier alpha value is -1.65. The molecule has 3 nitrogen and oxygen atoms in total. The summed E-state index contributed by atoms with van der Waals surface area (Å²) in [5.41, 5.74) is 4.43. The second-order valence-electron chi connectivity index (χ2n) is 5.42. The fourth-order valence-electron chi connectivity index (χ4n) is 2.09. The van der Waals surface area contributed by atoms with Gasteiger partial charge in [0, 0.05) is 29.7 Å². The molecule has 0 atom stereocenters. The lowest BCUT2D eigenvalue weighted by Gasteiger charge is -2.08. The fraction of sp³-hybridized carbons (Fsp3) is 0.278. The molecule has 0 saturated heterocycles. The van der Waals surface area contributed by atoms with E-state index in [2.05, 4.69) is 57.8 Å². The maximum Gasteiger partial charge on any atom is 0.225 e. The minimum atomic E-state index is 0.0260. The molecular formula is C18H21BrN2O. The van der Waals surface area contributed by atoms with Crippen molar-refractivity contribution >= 4 is 27.5 Å². The monoisotopic (exact) mass is 360 g/mol. The number of rotatable bonds is 6. The van der Waals surface area contributed by atoms with Crippen molar-refractivity contribution in [1.29, 1.82) is 0 Å². The molecule has 0 unspecified atom stereocenters. The van der Waals surface area contributed by atoms with Crippen LogP contribution in [0, 0.1) is 13.8 Å². The summed E-state index contributed by atoms with van der Waals surface area (Å²) in [6, 6.07) is 14.2. The van der Waals surface area contributed by atoms with E-state index < -0.39 is 0 Å². The molecule has 0 aliphatic heterocycles. The average Bonchev–Trinajstić information content (AvgIpc) is 2.49. The van der Waals surface area contributed by atoms with E-state index >= 15 is 0 Å². The smallest absolute Gasteiger partial charge is 0.225 e. The molecule has 2 aromatic rings. The minimum Gasteiger partial charge on any atom is -0.326 e. The quantitative estimate of drug-likeness (QED) is 0.758. The Morgan fingerprint density at radius 3 is 2.50 bits per heavy atom. The lowest BCUT2D eigenvalue weighted by atomic mass is 10.1. The second kappa shape index (κ2) is 8.11. The second-order valence-corrected chi connectivity index (χ2v) is 6.28. The van der Waals surface area contributed by atoms with Crippen molar-refractivity contribution in [2.45, 2.75) is 26.8 Å². The third kappa shape index (κ3) is 5.28. The molecule has 4 heteroatoms. The van der Waals surface area contributed by atoms with Crippen LogP contribution in [0.2, 0.25) is 0 Å². The topological polar surface area (TPSA) is 41.1 Å². The van der Waals surface area contributed by atoms with Gasteiger partial charge in [-0.25, -0.2) is 0 Å². The van der Waals surface area contributed by atoms with E-state index in [1.807, 2.05) is 25.1 Å². The first-order valence-electron chi connectivity index (χ1n) is 7.37. The minimum absolute atomic E-state index is 0.0260. The van der Waals surface area contributed by atoms with Crippen LogP contribution < -0.4 is 10.6 Å². The molecule has 0 aliphatic rings. The Kier molecular flexibility index (Phi) is 6.16. The number of halogens is 1. The van der Waals surface area contributed by atoms with E-state index in [9.17, 15) is 4.79 Å². The molecule has 0 bridgehead atoms. The number of anilines is 1. The Morgan fingerprint density at radius 2 is 1.82 bits per heavy atom. The molecule has 0 radical (unpaired) electrons. The van der Waals surface area contributed by atoms with E-state index in [1.54, 1.807) is 0 Å². The lowest BCUT2D eigenvalue weighted by Crippen LogP contribution is -2.21. The predicted molar refractivity (Wildman–Crippen MR) is 95.0 cm³/mol. The summed E-state index contributed by atoms with van der Waals surface area (Å²) in [7, 11) is 0. The van der Waals surface area contributed by atoms with E-state index in [-0.39, 0.29) is 5.91 Å². The zero-order valence-corrected chi connectivity index (χ0v) is 14.5. The number of carbonyl (C=O) groups excluding carboxylic acids is 1. The van der Waals surface area contributed by atoms with Gasteiger partial charge in [-0.15, -0.1) is 0 Å². The summed E-state index contributed by atoms with van der Waals surface area (Å²) in [5.74, 6) is 0.0260. The molecule has 116 valence electrons. The molecule has 2 N–H and O–H groups in total. The zero-order valence-electron chi connectivity index (χ0n) is 12.9. The molecular weight excluding hydrogens is 340 g/mol. The van der Waals surface area contributed by atoms with Gasteiger partial charge < -0.3 is 10.6 Å². The van der Waals surface area contributed by atoms with E-state index in [4.69, 9.17) is 0 Å². The largest absolute Gasteiger partial charge is 0.326 e. The molecule has 0 spiro atoms. The maximum atomic E-state index is 11.9. The fourth-order valence-corrected chi connectivity index (χ4v) is 2.33. The first kappa shape index (κ1) is 16.7. The van der Waals surface area contributed by atoms with E-state index in [0.717, 1.165) is 22.3 Å². The van der Waals surface area contributed by atoms with Gasteiger partial charge in [-0.05, 0) is 43.2 Å². The Bertz CT molecular complexity index is 638. The summed E-state index contributed by atoms with van der Waals surface area (Å²) < 4.78 is 1.05. The van der Waals surface area contributed by atoms with Gasteiger partial charge in [-0.3, -0.25) is 4.79 Å². The van der Waals surface area contributed by atoms with Crippen LogP contribution in [0.5, 0.6) is 0 Å². The first-order valence-corrected chi connectivity index (χ1v) is 8.16. The zero-order chi connectivity index (χ0) is 15.9. The van der Waals surface area contributed by atoms with Crippen molar-refractivity contribution in [3.8, 4) is 0 Å². The van der Waals surface area contributed by atoms with Crippen LogP contribution >= 0.6 is 15.9 Å². The number of amides is 1. The van der Waals surface area contributed by atoms with Crippen molar-refractivity contribution in [3.05, 3.63) is 63.6 Å². The number of hydrogen-bond donors (Lipinski definition) is 2. The van der Waals surface area contributed by atoms with Gasteiger partial charge >= 0.3 is 0 Å². The number of nitrogens with one attached hydrogen (secondary N) is 2. The molecule has 0 aliphatic carbocycles. The van der Waals surface area contributed by atoms with Crippen LogP contribution in [0.25, 0.3) is 0 Å². The van der Waals surface area contributed by atoms with Crippen LogP contribution in [0.4, 0.5) is 5.69 Å². The van der Waals surface area contributed by atoms with Crippen molar-refractivity contribution in [2.75, 3.05) is 11.9 Å². The first-order chi connectivity index (χ1) is 10.5. The van der Waals surface area contributed by atoms with Crippen LogP contribution in [0.15, 0.2) is 46.9 Å². The molecule has 0 fully saturated rings. The predicted octanol–water partition coefficient (Wildman–Crippen LogP) is 4.18. The normalized spacial score (nSPS) is 10.5. The van der Waals surface area contributed by atoms with Crippen LogP contribution in [-0.4, -0.2) is 12.5 Å². The van der Waals surface area contributed by atoms with Crippen molar-refractivity contribution in [2.24, 2.45) is 0 Å². The Balaban J connectivity index is 1.71. The number of hydrogen-bond acceptors (Lipinski definition) is 2. The summed E-state index contributed by atoms with van der Waals surface area (Å²) >= 11 is 3.45. The van der Waals surface area contributed by atoms with Crippen LogP contribution in [0.1, 0.15) is 23.1 Å². The van der Waals surface area contributed by atoms with Gasteiger partial charge in [0.2, 0.25) is 5.91 Å². The van der Waals surface area contributed by atoms with Gasteiger partial charge in [0.15, 0.2) is 0 Å². The van der Waals surface area contributed by atoms with Gasteiger partial charge in [0.25, 0.3) is 0 Å². The van der Waals surface area contributed by atoms with Crippen molar-refractivity contribution < 1.29 is 4.79 Å². The highest BCUT2D eigenvalue weighted by Crippen LogP contribution is 2.19. The molecule has 1 amide bonds.